The molecule has 26 heavy (non-hydrogen) atoms. The predicted octanol–water partition coefficient (Wildman–Crippen LogP) is 3.92. The predicted molar refractivity (Wildman–Crippen MR) is 95.2 cm³/mol. The lowest BCUT2D eigenvalue weighted by Gasteiger charge is -2.25. The molecule has 3 aromatic rings. The number of aromatic nitrogens is 2. The van der Waals surface area contributed by atoms with Gasteiger partial charge in [-0.25, -0.2) is 4.39 Å². The monoisotopic (exact) mass is 346 g/mol. The number of fused-ring (bicyclic) bond motifs is 1. The van der Waals surface area contributed by atoms with Crippen LogP contribution in [0.25, 0.3) is 5.69 Å². The molecule has 2 heterocycles. The third-order valence-electron chi connectivity index (χ3n) is 4.44. The van der Waals surface area contributed by atoms with Crippen molar-refractivity contribution in [3.8, 4) is 17.6 Å². The number of nitrogens with zero attached hydrogens (tertiary/aromatic N) is 3. The van der Waals surface area contributed by atoms with Gasteiger partial charge in [0.1, 0.15) is 11.6 Å². The van der Waals surface area contributed by atoms with E-state index < -0.39 is 5.92 Å². The van der Waals surface area contributed by atoms with Gasteiger partial charge in [0.25, 0.3) is 0 Å². The van der Waals surface area contributed by atoms with Crippen molar-refractivity contribution in [3.63, 3.8) is 0 Å². The smallest absolute Gasteiger partial charge is 0.228 e. The normalized spacial score (nSPS) is 16.0. The molecule has 0 aliphatic carbocycles. The first-order chi connectivity index (χ1) is 12.6. The second kappa shape index (κ2) is 6.05. The molecule has 0 saturated carbocycles. The van der Waals surface area contributed by atoms with Crippen molar-refractivity contribution >= 4 is 5.82 Å². The number of nitrogens with two attached hydrogens (primary N) is 1. The van der Waals surface area contributed by atoms with Crippen LogP contribution in [0.1, 0.15) is 24.0 Å². The minimum atomic E-state index is -0.457. The Labute approximate surface area is 149 Å². The number of nitrogen functional groups attached to an aromatic ring is 1. The summed E-state index contributed by atoms with van der Waals surface area (Å²) in [6.07, 6.45) is 0. The van der Waals surface area contributed by atoms with Gasteiger partial charge in [-0.2, -0.15) is 9.94 Å². The van der Waals surface area contributed by atoms with Crippen LogP contribution in [0, 0.1) is 17.1 Å². The zero-order valence-electron chi connectivity index (χ0n) is 14.0. The van der Waals surface area contributed by atoms with Gasteiger partial charge in [0.2, 0.25) is 5.88 Å². The summed E-state index contributed by atoms with van der Waals surface area (Å²) >= 11 is 0. The van der Waals surface area contributed by atoms with E-state index in [0.29, 0.717) is 22.8 Å². The maximum absolute atomic E-state index is 13.4. The van der Waals surface area contributed by atoms with Crippen LogP contribution in [0.5, 0.6) is 5.88 Å². The van der Waals surface area contributed by atoms with Crippen LogP contribution in [0.2, 0.25) is 0 Å². The van der Waals surface area contributed by atoms with Crippen molar-refractivity contribution in [1.29, 1.82) is 5.26 Å². The van der Waals surface area contributed by atoms with E-state index in [4.69, 9.17) is 10.5 Å². The number of nitriles is 1. The number of anilines is 1. The number of para-hydroxylation sites is 1. The standard InChI is InChI=1S/C20H15FN4O/c1-12-16(11-22)17(13-7-9-14(21)10-8-13)18-19(23)24-25(20(18)26-12)15-5-3-2-4-6-15/h2-10,17H,1H3,(H2,23,24). The Morgan fingerprint density at radius 1 is 1.15 bits per heavy atom. The summed E-state index contributed by atoms with van der Waals surface area (Å²) in [6.45, 7) is 1.73. The molecule has 6 heteroatoms. The number of hydrogen-bond acceptors (Lipinski definition) is 4. The Balaban J connectivity index is 1.95. The van der Waals surface area contributed by atoms with Gasteiger partial charge in [-0.05, 0) is 36.8 Å². The molecule has 0 radical (unpaired) electrons. The van der Waals surface area contributed by atoms with Gasteiger partial charge in [0, 0.05) is 0 Å². The zero-order chi connectivity index (χ0) is 18.3. The quantitative estimate of drug-likeness (QED) is 0.763. The van der Waals surface area contributed by atoms with Crippen LogP contribution in [-0.2, 0) is 0 Å². The van der Waals surface area contributed by atoms with Crippen LogP contribution in [0.3, 0.4) is 0 Å². The molecule has 1 unspecified atom stereocenters. The zero-order valence-corrected chi connectivity index (χ0v) is 14.0. The van der Waals surface area contributed by atoms with E-state index in [-0.39, 0.29) is 11.6 Å². The lowest BCUT2D eigenvalue weighted by atomic mass is 9.84. The summed E-state index contributed by atoms with van der Waals surface area (Å²) in [4.78, 5) is 0. The maximum atomic E-state index is 13.4. The summed E-state index contributed by atoms with van der Waals surface area (Å²) in [5.41, 5.74) is 8.80. The lowest BCUT2D eigenvalue weighted by molar-refractivity contribution is 0.374. The first-order valence-electron chi connectivity index (χ1n) is 8.08. The second-order valence-electron chi connectivity index (χ2n) is 6.02. The average molecular weight is 346 g/mol. The van der Waals surface area contributed by atoms with Gasteiger partial charge in [0.05, 0.1) is 28.8 Å². The molecular weight excluding hydrogens is 331 g/mol. The van der Waals surface area contributed by atoms with Gasteiger partial charge < -0.3 is 10.5 Å². The van der Waals surface area contributed by atoms with Crippen molar-refractivity contribution in [2.75, 3.05) is 5.73 Å². The lowest BCUT2D eigenvalue weighted by Crippen LogP contribution is -2.16. The summed E-state index contributed by atoms with van der Waals surface area (Å²) in [6, 6.07) is 17.7. The van der Waals surface area contributed by atoms with E-state index in [1.807, 2.05) is 30.3 Å². The molecule has 1 atom stereocenters. The van der Waals surface area contributed by atoms with Crippen LogP contribution >= 0.6 is 0 Å². The first kappa shape index (κ1) is 15.9. The Kier molecular flexibility index (Phi) is 3.70. The van der Waals surface area contributed by atoms with Crippen molar-refractivity contribution < 1.29 is 9.13 Å². The molecule has 1 aliphatic rings. The molecule has 0 spiro atoms. The highest BCUT2D eigenvalue weighted by molar-refractivity contribution is 5.63. The van der Waals surface area contributed by atoms with E-state index in [1.54, 1.807) is 23.7 Å². The molecule has 0 fully saturated rings. The fourth-order valence-electron chi connectivity index (χ4n) is 3.22. The van der Waals surface area contributed by atoms with E-state index in [9.17, 15) is 9.65 Å². The highest BCUT2D eigenvalue weighted by atomic mass is 19.1. The fourth-order valence-corrected chi connectivity index (χ4v) is 3.22. The average Bonchev–Trinajstić information content (AvgIpc) is 2.98. The molecule has 0 saturated heterocycles. The third kappa shape index (κ3) is 2.42. The molecule has 0 amide bonds. The van der Waals surface area contributed by atoms with Crippen LogP contribution in [0.4, 0.5) is 10.2 Å². The summed E-state index contributed by atoms with van der Waals surface area (Å²) in [7, 11) is 0. The van der Waals surface area contributed by atoms with Gasteiger partial charge in [0.15, 0.2) is 5.82 Å². The summed E-state index contributed by atoms with van der Waals surface area (Å²) in [5, 5.41) is 14.1. The van der Waals surface area contributed by atoms with Gasteiger partial charge in [-0.3, -0.25) is 0 Å². The van der Waals surface area contributed by atoms with E-state index in [0.717, 1.165) is 11.3 Å². The van der Waals surface area contributed by atoms with Crippen molar-refractivity contribution in [2.24, 2.45) is 0 Å². The van der Waals surface area contributed by atoms with Gasteiger partial charge >= 0.3 is 0 Å². The summed E-state index contributed by atoms with van der Waals surface area (Å²) in [5.74, 6) is 0.430. The molecule has 4 rings (SSSR count). The Morgan fingerprint density at radius 3 is 2.50 bits per heavy atom. The molecule has 1 aliphatic heterocycles. The molecule has 1 aromatic heterocycles. The Bertz CT molecular complexity index is 1050. The molecule has 5 nitrogen and oxygen atoms in total. The van der Waals surface area contributed by atoms with Crippen LogP contribution < -0.4 is 10.5 Å². The third-order valence-corrected chi connectivity index (χ3v) is 4.44. The minimum absolute atomic E-state index is 0.276. The number of ether oxygens (including phenoxy) is 1. The number of halogens is 1. The van der Waals surface area contributed by atoms with Crippen LogP contribution in [0.15, 0.2) is 65.9 Å². The second-order valence-corrected chi connectivity index (χ2v) is 6.02. The number of hydrogen-bond donors (Lipinski definition) is 1. The highest BCUT2D eigenvalue weighted by Gasteiger charge is 2.36. The molecule has 2 N–H and O–H groups in total. The molecular formula is C20H15FN4O. The SMILES string of the molecule is CC1=C(C#N)C(c2ccc(F)cc2)c2c(N)nn(-c3ccccc3)c2O1. The molecule has 0 bridgehead atoms. The van der Waals surface area contributed by atoms with Gasteiger partial charge in [-0.1, -0.05) is 30.3 Å². The van der Waals surface area contributed by atoms with E-state index in [1.165, 1.54) is 12.1 Å². The van der Waals surface area contributed by atoms with Crippen molar-refractivity contribution in [1.82, 2.24) is 9.78 Å². The minimum Gasteiger partial charge on any atom is -0.442 e. The molecule has 128 valence electrons. The highest BCUT2D eigenvalue weighted by Crippen LogP contribution is 2.46. The van der Waals surface area contributed by atoms with Crippen LogP contribution in [-0.4, -0.2) is 9.78 Å². The number of allylic oxidation sites excluding steroid dienone is 2. The summed E-state index contributed by atoms with van der Waals surface area (Å²) < 4.78 is 20.9. The largest absolute Gasteiger partial charge is 0.442 e. The maximum Gasteiger partial charge on any atom is 0.228 e. The van der Waals surface area contributed by atoms with Gasteiger partial charge in [-0.15, -0.1) is 5.10 Å². The number of benzene rings is 2. The fraction of sp³-hybridized carbons (Fsp3) is 0.100. The number of rotatable bonds is 2. The van der Waals surface area contributed by atoms with E-state index >= 15 is 0 Å². The Morgan fingerprint density at radius 2 is 1.85 bits per heavy atom. The van der Waals surface area contributed by atoms with Crippen molar-refractivity contribution in [2.45, 2.75) is 12.8 Å². The Hall–Kier alpha value is -3.59. The van der Waals surface area contributed by atoms with Crippen molar-refractivity contribution in [3.05, 3.63) is 82.9 Å². The first-order valence-corrected chi connectivity index (χ1v) is 8.08. The topological polar surface area (TPSA) is 76.9 Å². The van der Waals surface area contributed by atoms with E-state index in [2.05, 4.69) is 11.2 Å². The molecule has 2 aromatic carbocycles.